The quantitative estimate of drug-likeness (QED) is 0.488. The first kappa shape index (κ1) is 11.0. The van der Waals surface area contributed by atoms with Crippen molar-refractivity contribution in [1.82, 2.24) is 5.32 Å². The van der Waals surface area contributed by atoms with Crippen molar-refractivity contribution in [2.75, 3.05) is 6.54 Å². The summed E-state index contributed by atoms with van der Waals surface area (Å²) in [6.07, 6.45) is 7.16. The molecule has 1 heteroatoms. The van der Waals surface area contributed by atoms with Crippen LogP contribution in [0.3, 0.4) is 0 Å². The first-order chi connectivity index (χ1) is 5.66. The Hall–Kier alpha value is -0.980. The topological polar surface area (TPSA) is 12.0 Å². The summed E-state index contributed by atoms with van der Waals surface area (Å²) < 4.78 is 0. The van der Waals surface area contributed by atoms with Crippen LogP contribution in [0.15, 0.2) is 36.1 Å². The van der Waals surface area contributed by atoms with Gasteiger partial charge < -0.3 is 5.32 Å². The molecule has 68 valence electrons. The summed E-state index contributed by atoms with van der Waals surface area (Å²) >= 11 is 0. The summed E-state index contributed by atoms with van der Waals surface area (Å²) in [5.41, 5.74) is 2.43. The molecule has 0 heterocycles. The molecule has 0 unspecified atom stereocenters. The summed E-state index contributed by atoms with van der Waals surface area (Å²) in [5, 5.41) is 3.30. The molecule has 0 aromatic heterocycles. The Labute approximate surface area is 75.9 Å². The maximum Gasteiger partial charge on any atom is 0.0180 e. The lowest BCUT2D eigenvalue weighted by molar-refractivity contribution is 0.784. The molecule has 1 N–H and O–H groups in total. The second-order valence-electron chi connectivity index (χ2n) is 3.01. The molecule has 0 spiro atoms. The first-order valence-electron chi connectivity index (χ1n) is 4.34. The van der Waals surface area contributed by atoms with Crippen LogP contribution in [0.25, 0.3) is 0 Å². The predicted molar refractivity (Wildman–Crippen MR) is 56.0 cm³/mol. The van der Waals surface area contributed by atoms with Crippen molar-refractivity contribution in [1.29, 1.82) is 0 Å². The molecule has 0 saturated heterocycles. The molecule has 0 aromatic rings. The Morgan fingerprint density at radius 2 is 2.08 bits per heavy atom. The van der Waals surface area contributed by atoms with Gasteiger partial charge in [0.15, 0.2) is 0 Å². The van der Waals surface area contributed by atoms with E-state index in [1.54, 1.807) is 0 Å². The molecule has 0 fully saturated rings. The van der Waals surface area contributed by atoms with Crippen LogP contribution in [0, 0.1) is 0 Å². The highest BCUT2D eigenvalue weighted by atomic mass is 14.9. The van der Waals surface area contributed by atoms with Gasteiger partial charge in [0.25, 0.3) is 0 Å². The second kappa shape index (κ2) is 6.71. The van der Waals surface area contributed by atoms with Gasteiger partial charge in [-0.15, -0.1) is 6.58 Å². The molecular weight excluding hydrogens is 146 g/mol. The van der Waals surface area contributed by atoms with Crippen LogP contribution in [0.4, 0.5) is 0 Å². The Balaban J connectivity index is 3.56. The van der Waals surface area contributed by atoms with E-state index in [0.717, 1.165) is 13.0 Å². The lowest BCUT2D eigenvalue weighted by atomic mass is 10.2. The average Bonchev–Trinajstić information content (AvgIpc) is 2.00. The minimum Gasteiger partial charge on any atom is -0.388 e. The molecule has 1 nitrogen and oxygen atoms in total. The van der Waals surface area contributed by atoms with Crippen LogP contribution < -0.4 is 5.32 Å². The van der Waals surface area contributed by atoms with Gasteiger partial charge in [-0.2, -0.15) is 0 Å². The van der Waals surface area contributed by atoms with E-state index in [1.807, 2.05) is 26.0 Å². The van der Waals surface area contributed by atoms with Crippen molar-refractivity contribution in [3.63, 3.8) is 0 Å². The number of allylic oxidation sites excluding steroid dienone is 4. The second-order valence-corrected chi connectivity index (χ2v) is 3.01. The van der Waals surface area contributed by atoms with Crippen LogP contribution in [-0.2, 0) is 0 Å². The van der Waals surface area contributed by atoms with E-state index in [1.165, 1.54) is 11.3 Å². The van der Waals surface area contributed by atoms with E-state index >= 15 is 0 Å². The van der Waals surface area contributed by atoms with Crippen molar-refractivity contribution in [2.24, 2.45) is 0 Å². The van der Waals surface area contributed by atoms with Gasteiger partial charge in [-0.1, -0.05) is 17.7 Å². The smallest absolute Gasteiger partial charge is 0.0180 e. The number of hydrogen-bond acceptors (Lipinski definition) is 1. The van der Waals surface area contributed by atoms with Gasteiger partial charge >= 0.3 is 0 Å². The van der Waals surface area contributed by atoms with Gasteiger partial charge in [0.2, 0.25) is 0 Å². The van der Waals surface area contributed by atoms with E-state index in [2.05, 4.69) is 24.9 Å². The number of nitrogens with one attached hydrogen (secondary N) is 1. The molecule has 0 aromatic carbocycles. The third kappa shape index (κ3) is 7.13. The fourth-order valence-electron chi connectivity index (χ4n) is 0.773. The molecule has 0 atom stereocenters. The fourth-order valence-corrected chi connectivity index (χ4v) is 0.773. The largest absolute Gasteiger partial charge is 0.388 e. The van der Waals surface area contributed by atoms with Crippen molar-refractivity contribution < 1.29 is 0 Å². The summed E-state index contributed by atoms with van der Waals surface area (Å²) in [5.74, 6) is 0. The Kier molecular flexibility index (Phi) is 6.16. The van der Waals surface area contributed by atoms with Crippen LogP contribution in [0.2, 0.25) is 0 Å². The van der Waals surface area contributed by atoms with Crippen LogP contribution in [0.1, 0.15) is 27.2 Å². The van der Waals surface area contributed by atoms with Crippen molar-refractivity contribution in [3.05, 3.63) is 36.1 Å². The Bertz CT molecular complexity index is 187. The van der Waals surface area contributed by atoms with E-state index < -0.39 is 0 Å². The molecule has 0 aliphatic heterocycles. The molecule has 0 amide bonds. The number of hydrogen-bond donors (Lipinski definition) is 1. The summed E-state index contributed by atoms with van der Waals surface area (Å²) in [7, 11) is 0. The zero-order valence-corrected chi connectivity index (χ0v) is 8.35. The monoisotopic (exact) mass is 165 g/mol. The maximum atomic E-state index is 3.84. The SMILES string of the molecule is C=C(C)CCN/C(C)=C/C=C\C. The van der Waals surface area contributed by atoms with Gasteiger partial charge in [-0.05, 0) is 33.3 Å². The van der Waals surface area contributed by atoms with Gasteiger partial charge in [-0.3, -0.25) is 0 Å². The normalized spacial score (nSPS) is 12.1. The zero-order chi connectivity index (χ0) is 9.40. The van der Waals surface area contributed by atoms with Crippen molar-refractivity contribution in [2.45, 2.75) is 27.2 Å². The van der Waals surface area contributed by atoms with Crippen LogP contribution in [-0.4, -0.2) is 6.54 Å². The average molecular weight is 165 g/mol. The highest BCUT2D eigenvalue weighted by Gasteiger charge is 1.87. The van der Waals surface area contributed by atoms with Gasteiger partial charge in [0.05, 0.1) is 0 Å². The van der Waals surface area contributed by atoms with Gasteiger partial charge in [0.1, 0.15) is 0 Å². The van der Waals surface area contributed by atoms with E-state index in [0.29, 0.717) is 0 Å². The summed E-state index contributed by atoms with van der Waals surface area (Å²) in [6, 6.07) is 0. The molecule has 12 heavy (non-hydrogen) atoms. The molecule has 0 rings (SSSR count). The minimum absolute atomic E-state index is 0.981. The fraction of sp³-hybridized carbons (Fsp3) is 0.455. The molecule has 0 bridgehead atoms. The zero-order valence-electron chi connectivity index (χ0n) is 8.35. The van der Waals surface area contributed by atoms with Crippen LogP contribution in [0.5, 0.6) is 0 Å². The summed E-state index contributed by atoms with van der Waals surface area (Å²) in [6.45, 7) is 10.9. The standard InChI is InChI=1S/C11H19N/c1-5-6-7-11(4)12-9-8-10(2)3/h5-7,12H,2,8-9H2,1,3-4H3/b6-5-,11-7+. The Morgan fingerprint density at radius 1 is 1.42 bits per heavy atom. The van der Waals surface area contributed by atoms with Crippen molar-refractivity contribution in [3.8, 4) is 0 Å². The lowest BCUT2D eigenvalue weighted by Crippen LogP contribution is -2.12. The van der Waals surface area contributed by atoms with E-state index in [4.69, 9.17) is 0 Å². The van der Waals surface area contributed by atoms with Gasteiger partial charge in [0, 0.05) is 12.2 Å². The van der Waals surface area contributed by atoms with Gasteiger partial charge in [-0.25, -0.2) is 0 Å². The molecular formula is C11H19N. The third-order valence-electron chi connectivity index (χ3n) is 1.49. The molecule has 0 radical (unpaired) electrons. The lowest BCUT2D eigenvalue weighted by Gasteiger charge is -2.04. The maximum absolute atomic E-state index is 3.84. The minimum atomic E-state index is 0.981. The molecule has 0 aliphatic rings. The first-order valence-corrected chi connectivity index (χ1v) is 4.34. The Morgan fingerprint density at radius 3 is 2.58 bits per heavy atom. The van der Waals surface area contributed by atoms with Crippen molar-refractivity contribution >= 4 is 0 Å². The highest BCUT2D eigenvalue weighted by Crippen LogP contribution is 1.94. The molecule has 0 aliphatic carbocycles. The van der Waals surface area contributed by atoms with E-state index in [9.17, 15) is 0 Å². The van der Waals surface area contributed by atoms with E-state index in [-0.39, 0.29) is 0 Å². The van der Waals surface area contributed by atoms with Crippen LogP contribution >= 0.6 is 0 Å². The third-order valence-corrected chi connectivity index (χ3v) is 1.49. The highest BCUT2D eigenvalue weighted by molar-refractivity contribution is 5.08. The predicted octanol–water partition coefficient (Wildman–Crippen LogP) is 3.02. The molecule has 0 saturated carbocycles. The summed E-state index contributed by atoms with van der Waals surface area (Å²) in [4.78, 5) is 0. The number of rotatable bonds is 5.